The van der Waals surface area contributed by atoms with Crippen molar-refractivity contribution in [1.82, 2.24) is 15.3 Å². The van der Waals surface area contributed by atoms with Gasteiger partial charge in [0.05, 0.1) is 0 Å². The van der Waals surface area contributed by atoms with E-state index in [1.54, 1.807) is 0 Å². The van der Waals surface area contributed by atoms with Crippen LogP contribution in [-0.2, 0) is 6.42 Å². The first-order chi connectivity index (χ1) is 8.08. The summed E-state index contributed by atoms with van der Waals surface area (Å²) in [4.78, 5) is 9.32. The van der Waals surface area contributed by atoms with Crippen LogP contribution in [0.2, 0.25) is 0 Å². The topological polar surface area (TPSA) is 37.8 Å². The van der Waals surface area contributed by atoms with E-state index >= 15 is 0 Å². The number of nitrogens with one attached hydrogen (secondary N) is 1. The molecule has 0 aliphatic heterocycles. The first-order valence-corrected chi connectivity index (χ1v) is 6.57. The molecule has 1 aromatic rings. The van der Waals surface area contributed by atoms with Crippen LogP contribution in [0.3, 0.4) is 0 Å². The number of rotatable bonds is 6. The van der Waals surface area contributed by atoms with Gasteiger partial charge in [-0.15, -0.1) is 0 Å². The van der Waals surface area contributed by atoms with Crippen LogP contribution < -0.4 is 5.32 Å². The van der Waals surface area contributed by atoms with Gasteiger partial charge in [-0.1, -0.05) is 27.2 Å². The molecule has 0 aromatic carbocycles. The molecule has 3 heteroatoms. The van der Waals surface area contributed by atoms with Crippen LogP contribution in [0.5, 0.6) is 0 Å². The van der Waals surface area contributed by atoms with E-state index < -0.39 is 0 Å². The highest BCUT2D eigenvalue weighted by atomic mass is 14.9. The molecular formula is C14H25N3. The van der Waals surface area contributed by atoms with Gasteiger partial charge in [0, 0.05) is 23.9 Å². The Morgan fingerprint density at radius 2 is 2.00 bits per heavy atom. The quantitative estimate of drug-likeness (QED) is 0.824. The van der Waals surface area contributed by atoms with E-state index in [1.807, 2.05) is 7.05 Å². The van der Waals surface area contributed by atoms with Crippen molar-refractivity contribution in [3.8, 4) is 0 Å². The molecule has 0 amide bonds. The van der Waals surface area contributed by atoms with Gasteiger partial charge in [0.2, 0.25) is 0 Å². The summed E-state index contributed by atoms with van der Waals surface area (Å²) in [6, 6.07) is 2.10. The van der Waals surface area contributed by atoms with Crippen LogP contribution in [-0.4, -0.2) is 23.6 Å². The fourth-order valence-corrected chi connectivity index (χ4v) is 2.05. The summed E-state index contributed by atoms with van der Waals surface area (Å²) in [5.74, 6) is 1.95. The zero-order valence-electron chi connectivity index (χ0n) is 11.7. The van der Waals surface area contributed by atoms with Crippen molar-refractivity contribution in [3.05, 3.63) is 23.3 Å². The van der Waals surface area contributed by atoms with Gasteiger partial charge in [0.15, 0.2) is 0 Å². The van der Waals surface area contributed by atoms with E-state index in [4.69, 9.17) is 4.98 Å². The number of hydrogen-bond acceptors (Lipinski definition) is 3. The largest absolute Gasteiger partial charge is 0.319 e. The van der Waals surface area contributed by atoms with Gasteiger partial charge in [-0.3, -0.25) is 0 Å². The van der Waals surface area contributed by atoms with Crippen LogP contribution in [0.1, 0.15) is 50.3 Å². The van der Waals surface area contributed by atoms with Crippen molar-refractivity contribution in [2.75, 3.05) is 13.6 Å². The Morgan fingerprint density at radius 1 is 1.29 bits per heavy atom. The highest BCUT2D eigenvalue weighted by molar-refractivity contribution is 5.13. The van der Waals surface area contributed by atoms with Gasteiger partial charge < -0.3 is 5.32 Å². The highest BCUT2D eigenvalue weighted by Crippen LogP contribution is 2.21. The number of likely N-dealkylation sites (N-methyl/N-ethyl adjacent to an activating group) is 1. The lowest BCUT2D eigenvalue weighted by molar-refractivity contribution is 0.455. The second kappa shape index (κ2) is 6.70. The van der Waals surface area contributed by atoms with Crippen molar-refractivity contribution < 1.29 is 0 Å². The minimum Gasteiger partial charge on any atom is -0.319 e. The maximum Gasteiger partial charge on any atom is 0.133 e. The molecular weight excluding hydrogens is 210 g/mol. The Kier molecular flexibility index (Phi) is 5.56. The first kappa shape index (κ1) is 14.1. The summed E-state index contributed by atoms with van der Waals surface area (Å²) in [5, 5.41) is 3.24. The van der Waals surface area contributed by atoms with Crippen LogP contribution in [0.25, 0.3) is 0 Å². The third kappa shape index (κ3) is 4.08. The lowest BCUT2D eigenvalue weighted by atomic mass is 9.94. The number of aromatic nitrogens is 2. The maximum atomic E-state index is 4.71. The van der Waals surface area contributed by atoms with E-state index in [0.717, 1.165) is 30.9 Å². The monoisotopic (exact) mass is 235 g/mol. The van der Waals surface area contributed by atoms with E-state index in [2.05, 4.69) is 44.1 Å². The minimum absolute atomic E-state index is 0.399. The van der Waals surface area contributed by atoms with Gasteiger partial charge in [-0.2, -0.15) is 0 Å². The Labute approximate surface area is 105 Å². The Balaban J connectivity index is 3.00. The molecule has 0 saturated heterocycles. The predicted octanol–water partition coefficient (Wildman–Crippen LogP) is 2.70. The molecule has 1 rings (SSSR count). The summed E-state index contributed by atoms with van der Waals surface area (Å²) in [7, 11) is 1.98. The average molecular weight is 235 g/mol. The summed E-state index contributed by atoms with van der Waals surface area (Å²) < 4.78 is 0. The van der Waals surface area contributed by atoms with Gasteiger partial charge in [0.1, 0.15) is 5.82 Å². The van der Waals surface area contributed by atoms with E-state index in [-0.39, 0.29) is 0 Å². The first-order valence-electron chi connectivity index (χ1n) is 6.57. The standard InChI is InChI=1S/C14H25N3/c1-6-7-12-8-11(4)16-14(17-12)13(9-15-5)10(2)3/h8,10,13,15H,6-7,9H2,1-5H3. The molecule has 1 heterocycles. The normalized spacial score (nSPS) is 13.1. The zero-order chi connectivity index (χ0) is 12.8. The van der Waals surface area contributed by atoms with Gasteiger partial charge in [0.25, 0.3) is 0 Å². The summed E-state index contributed by atoms with van der Waals surface area (Å²) in [6.07, 6.45) is 2.18. The van der Waals surface area contributed by atoms with E-state index in [9.17, 15) is 0 Å². The van der Waals surface area contributed by atoms with Crippen LogP contribution in [0, 0.1) is 12.8 Å². The molecule has 1 unspecified atom stereocenters. The molecule has 0 saturated carbocycles. The molecule has 96 valence electrons. The molecule has 1 aromatic heterocycles. The molecule has 0 spiro atoms. The second-order valence-corrected chi connectivity index (χ2v) is 5.02. The fraction of sp³-hybridized carbons (Fsp3) is 0.714. The van der Waals surface area contributed by atoms with Crippen LogP contribution in [0.4, 0.5) is 0 Å². The zero-order valence-corrected chi connectivity index (χ0v) is 11.7. The van der Waals surface area contributed by atoms with Crippen LogP contribution in [0.15, 0.2) is 6.07 Å². The van der Waals surface area contributed by atoms with E-state index in [1.165, 1.54) is 5.69 Å². The Morgan fingerprint density at radius 3 is 2.53 bits per heavy atom. The average Bonchev–Trinajstić information content (AvgIpc) is 2.25. The molecule has 0 bridgehead atoms. The number of nitrogens with zero attached hydrogens (tertiary/aromatic N) is 2. The van der Waals surface area contributed by atoms with Gasteiger partial charge in [-0.05, 0) is 32.4 Å². The molecule has 1 atom stereocenters. The Hall–Kier alpha value is -0.960. The second-order valence-electron chi connectivity index (χ2n) is 5.02. The van der Waals surface area contributed by atoms with Crippen molar-refractivity contribution in [2.24, 2.45) is 5.92 Å². The summed E-state index contributed by atoms with van der Waals surface area (Å²) in [5.41, 5.74) is 2.26. The highest BCUT2D eigenvalue weighted by Gasteiger charge is 2.18. The molecule has 0 radical (unpaired) electrons. The minimum atomic E-state index is 0.399. The Bertz CT molecular complexity index is 347. The van der Waals surface area contributed by atoms with Crippen molar-refractivity contribution >= 4 is 0 Å². The predicted molar refractivity (Wildman–Crippen MR) is 72.3 cm³/mol. The van der Waals surface area contributed by atoms with E-state index in [0.29, 0.717) is 11.8 Å². The molecule has 1 N–H and O–H groups in total. The molecule has 3 nitrogen and oxygen atoms in total. The number of aryl methyl sites for hydroxylation is 2. The molecule has 0 aliphatic rings. The lowest BCUT2D eigenvalue weighted by Gasteiger charge is -2.20. The summed E-state index contributed by atoms with van der Waals surface area (Å²) in [6.45, 7) is 9.64. The lowest BCUT2D eigenvalue weighted by Crippen LogP contribution is -2.24. The molecule has 0 fully saturated rings. The van der Waals surface area contributed by atoms with Crippen molar-refractivity contribution in [3.63, 3.8) is 0 Å². The van der Waals surface area contributed by atoms with Crippen molar-refractivity contribution in [2.45, 2.75) is 46.5 Å². The molecule has 0 aliphatic carbocycles. The fourth-order valence-electron chi connectivity index (χ4n) is 2.05. The van der Waals surface area contributed by atoms with Gasteiger partial charge >= 0.3 is 0 Å². The third-order valence-corrected chi connectivity index (χ3v) is 2.99. The SMILES string of the molecule is CCCc1cc(C)nc(C(CNC)C(C)C)n1. The maximum absolute atomic E-state index is 4.71. The van der Waals surface area contributed by atoms with Crippen molar-refractivity contribution in [1.29, 1.82) is 0 Å². The van der Waals surface area contributed by atoms with Crippen LogP contribution >= 0.6 is 0 Å². The number of hydrogen-bond donors (Lipinski definition) is 1. The third-order valence-electron chi connectivity index (χ3n) is 2.99. The molecule has 17 heavy (non-hydrogen) atoms. The summed E-state index contributed by atoms with van der Waals surface area (Å²) >= 11 is 0. The van der Waals surface area contributed by atoms with Gasteiger partial charge in [-0.25, -0.2) is 9.97 Å². The smallest absolute Gasteiger partial charge is 0.133 e.